The molecule has 0 spiro atoms. The molecular formula is C28H33N7O8. The molecule has 4 unspecified atom stereocenters. The van der Waals surface area contributed by atoms with E-state index in [9.17, 15) is 39.0 Å². The number of carbonyl (C=O) groups is 6. The number of fused-ring (bicyclic) bond motifs is 1. The molecule has 0 radical (unpaired) electrons. The third-order valence-electron chi connectivity index (χ3n) is 6.52. The third kappa shape index (κ3) is 9.29. The summed E-state index contributed by atoms with van der Waals surface area (Å²) >= 11 is 0. The number of amides is 5. The van der Waals surface area contributed by atoms with Gasteiger partial charge in [-0.25, -0.2) is 4.79 Å². The number of H-pyrrole nitrogens is 1. The van der Waals surface area contributed by atoms with Crippen LogP contribution in [-0.4, -0.2) is 74.9 Å². The first-order valence-electron chi connectivity index (χ1n) is 13.1. The summed E-state index contributed by atoms with van der Waals surface area (Å²) in [6.07, 6.45) is 0.266. The number of benzene rings is 2. The van der Waals surface area contributed by atoms with Crippen molar-refractivity contribution in [2.75, 3.05) is 0 Å². The molecule has 1 aromatic heterocycles. The zero-order valence-corrected chi connectivity index (χ0v) is 22.9. The number of para-hydroxylation sites is 1. The minimum absolute atomic E-state index is 0.0607. The largest absolute Gasteiger partial charge is 0.508 e. The molecule has 0 saturated carbocycles. The number of aromatic amines is 1. The van der Waals surface area contributed by atoms with Crippen LogP contribution >= 0.6 is 0 Å². The average Bonchev–Trinajstić information content (AvgIpc) is 3.35. The molecule has 1 heterocycles. The molecule has 0 aliphatic heterocycles. The number of hydrogen-bond donors (Lipinski definition) is 9. The molecule has 43 heavy (non-hydrogen) atoms. The van der Waals surface area contributed by atoms with Crippen molar-refractivity contribution in [2.45, 2.75) is 49.9 Å². The molecule has 12 N–H and O–H groups in total. The molecule has 15 nitrogen and oxygen atoms in total. The normalized spacial score (nSPS) is 13.7. The Morgan fingerprint density at radius 1 is 0.744 bits per heavy atom. The van der Waals surface area contributed by atoms with Gasteiger partial charge in [-0.1, -0.05) is 30.3 Å². The first kappa shape index (κ1) is 32.1. The van der Waals surface area contributed by atoms with E-state index >= 15 is 0 Å². The number of carboxylic acid groups (broad SMARTS) is 1. The average molecular weight is 596 g/mol. The Labute approximate surface area is 245 Å². The van der Waals surface area contributed by atoms with Gasteiger partial charge in [-0.15, -0.1) is 0 Å². The summed E-state index contributed by atoms with van der Waals surface area (Å²) in [5, 5.41) is 26.8. The number of nitrogens with two attached hydrogens (primary N) is 3. The first-order chi connectivity index (χ1) is 20.3. The van der Waals surface area contributed by atoms with E-state index in [1.54, 1.807) is 6.20 Å². The van der Waals surface area contributed by atoms with E-state index in [0.29, 0.717) is 5.56 Å². The van der Waals surface area contributed by atoms with Crippen LogP contribution in [0.25, 0.3) is 10.9 Å². The summed E-state index contributed by atoms with van der Waals surface area (Å²) in [4.78, 5) is 77.1. The molecular weight excluding hydrogens is 562 g/mol. The first-order valence-corrected chi connectivity index (χ1v) is 13.1. The number of aliphatic carboxylic acids is 1. The predicted molar refractivity (Wildman–Crippen MR) is 153 cm³/mol. The molecule has 2 aromatic carbocycles. The number of primary amides is 2. The van der Waals surface area contributed by atoms with Gasteiger partial charge in [-0.3, -0.25) is 24.0 Å². The lowest BCUT2D eigenvalue weighted by Crippen LogP contribution is -2.58. The van der Waals surface area contributed by atoms with Gasteiger partial charge in [0.25, 0.3) is 0 Å². The highest BCUT2D eigenvalue weighted by Gasteiger charge is 2.32. The summed E-state index contributed by atoms with van der Waals surface area (Å²) < 4.78 is 0. The van der Waals surface area contributed by atoms with Gasteiger partial charge < -0.3 is 48.3 Å². The Morgan fingerprint density at radius 2 is 1.30 bits per heavy atom. The van der Waals surface area contributed by atoms with Crippen molar-refractivity contribution in [1.29, 1.82) is 0 Å². The molecule has 0 aliphatic rings. The Kier molecular flexibility index (Phi) is 10.8. The van der Waals surface area contributed by atoms with Gasteiger partial charge in [0.1, 0.15) is 23.9 Å². The van der Waals surface area contributed by atoms with Crippen molar-refractivity contribution >= 4 is 46.4 Å². The molecule has 0 saturated heterocycles. The maximum atomic E-state index is 13.3. The zero-order chi connectivity index (χ0) is 31.7. The fraction of sp³-hybridized carbons (Fsp3) is 0.286. The molecule has 5 amide bonds. The van der Waals surface area contributed by atoms with Gasteiger partial charge in [-0.2, -0.15) is 0 Å². The molecule has 0 fully saturated rings. The van der Waals surface area contributed by atoms with Crippen molar-refractivity contribution in [3.05, 3.63) is 65.9 Å². The standard InChI is InChI=1S/C28H33N7O8/c29-18(10-15-13-32-19-4-2-1-3-17(15)19)25(39)33-21(11-23(30)37)27(41)34-20(9-14-5-7-16(36)8-6-14)26(40)35-22(28(42)43)12-24(31)38/h1-8,13,18,20-22,32,36H,9-12,29H2,(H2,30,37)(H2,31,38)(H,33,39)(H,34,41)(H,35,40)(H,42,43). The molecule has 0 aliphatic carbocycles. The molecule has 4 atom stereocenters. The van der Waals surface area contributed by atoms with Crippen LogP contribution in [0.15, 0.2) is 54.7 Å². The summed E-state index contributed by atoms with van der Waals surface area (Å²) in [7, 11) is 0. The SMILES string of the molecule is NC(=O)CC(NC(=O)C(Cc1ccc(O)cc1)NC(=O)C(CC(N)=O)NC(=O)C(N)Cc1c[nH]c2ccccc12)C(=O)O. The van der Waals surface area contributed by atoms with E-state index < -0.39 is 72.5 Å². The zero-order valence-electron chi connectivity index (χ0n) is 22.9. The maximum absolute atomic E-state index is 13.3. The summed E-state index contributed by atoms with van der Waals surface area (Å²) in [6, 6.07) is 7.20. The van der Waals surface area contributed by atoms with Crippen molar-refractivity contribution < 1.29 is 39.0 Å². The van der Waals surface area contributed by atoms with Gasteiger partial charge in [-0.05, 0) is 35.7 Å². The quantitative estimate of drug-likeness (QED) is 0.0964. The van der Waals surface area contributed by atoms with E-state index in [1.807, 2.05) is 24.3 Å². The van der Waals surface area contributed by atoms with E-state index in [0.717, 1.165) is 16.5 Å². The number of aromatic nitrogens is 1. The lowest BCUT2D eigenvalue weighted by molar-refractivity contribution is -0.143. The van der Waals surface area contributed by atoms with Crippen LogP contribution in [0, 0.1) is 0 Å². The fourth-order valence-electron chi connectivity index (χ4n) is 4.34. The minimum Gasteiger partial charge on any atom is -0.508 e. The highest BCUT2D eigenvalue weighted by Crippen LogP contribution is 2.19. The topological polar surface area (TPSA) is 273 Å². The van der Waals surface area contributed by atoms with Crippen molar-refractivity contribution in [3.63, 3.8) is 0 Å². The predicted octanol–water partition coefficient (Wildman–Crippen LogP) is -1.72. The van der Waals surface area contributed by atoms with Crippen LogP contribution in [0.1, 0.15) is 24.0 Å². The van der Waals surface area contributed by atoms with Crippen LogP contribution in [0.4, 0.5) is 0 Å². The van der Waals surface area contributed by atoms with Gasteiger partial charge in [0.05, 0.1) is 18.9 Å². The summed E-state index contributed by atoms with van der Waals surface area (Å²) in [5.41, 5.74) is 18.6. The van der Waals surface area contributed by atoms with Crippen LogP contribution in [0.5, 0.6) is 5.75 Å². The van der Waals surface area contributed by atoms with Crippen molar-refractivity contribution in [3.8, 4) is 5.75 Å². The highest BCUT2D eigenvalue weighted by atomic mass is 16.4. The van der Waals surface area contributed by atoms with Crippen molar-refractivity contribution in [2.24, 2.45) is 17.2 Å². The van der Waals surface area contributed by atoms with E-state index in [2.05, 4.69) is 20.9 Å². The van der Waals surface area contributed by atoms with Gasteiger partial charge in [0.15, 0.2) is 0 Å². The molecule has 0 bridgehead atoms. The third-order valence-corrected chi connectivity index (χ3v) is 6.52. The maximum Gasteiger partial charge on any atom is 0.326 e. The van der Waals surface area contributed by atoms with E-state index in [4.69, 9.17) is 17.2 Å². The van der Waals surface area contributed by atoms with Crippen LogP contribution < -0.4 is 33.2 Å². The number of aromatic hydroxyl groups is 1. The number of hydrogen-bond acceptors (Lipinski definition) is 8. The summed E-state index contributed by atoms with van der Waals surface area (Å²) in [5.74, 6) is -6.25. The Bertz CT molecular complexity index is 1500. The lowest BCUT2D eigenvalue weighted by atomic mass is 10.0. The fourth-order valence-corrected chi connectivity index (χ4v) is 4.34. The van der Waals surface area contributed by atoms with Crippen LogP contribution in [0.3, 0.4) is 0 Å². The number of nitrogens with one attached hydrogen (secondary N) is 4. The number of carboxylic acids is 1. The number of phenols is 1. The Morgan fingerprint density at radius 3 is 1.93 bits per heavy atom. The summed E-state index contributed by atoms with van der Waals surface area (Å²) in [6.45, 7) is 0. The lowest BCUT2D eigenvalue weighted by Gasteiger charge is -2.25. The minimum atomic E-state index is -1.69. The van der Waals surface area contributed by atoms with Crippen LogP contribution in [-0.2, 0) is 41.6 Å². The number of carbonyl (C=O) groups excluding carboxylic acids is 5. The van der Waals surface area contributed by atoms with Crippen LogP contribution in [0.2, 0.25) is 0 Å². The molecule has 15 heteroatoms. The van der Waals surface area contributed by atoms with Crippen molar-refractivity contribution in [1.82, 2.24) is 20.9 Å². The van der Waals surface area contributed by atoms with Gasteiger partial charge in [0.2, 0.25) is 29.5 Å². The Balaban J connectivity index is 1.78. The smallest absolute Gasteiger partial charge is 0.326 e. The van der Waals surface area contributed by atoms with E-state index in [1.165, 1.54) is 24.3 Å². The van der Waals surface area contributed by atoms with Gasteiger partial charge in [0, 0.05) is 23.5 Å². The van der Waals surface area contributed by atoms with Gasteiger partial charge >= 0.3 is 5.97 Å². The number of rotatable bonds is 15. The second kappa shape index (κ2) is 14.5. The number of phenolic OH excluding ortho intramolecular Hbond substituents is 1. The monoisotopic (exact) mass is 595 g/mol. The second-order valence-corrected chi connectivity index (χ2v) is 9.90. The Hall–Kier alpha value is -5.44. The molecule has 3 aromatic rings. The second-order valence-electron chi connectivity index (χ2n) is 9.90. The highest BCUT2D eigenvalue weighted by molar-refractivity contribution is 5.97. The van der Waals surface area contributed by atoms with E-state index in [-0.39, 0.29) is 18.6 Å². The molecule has 228 valence electrons. The molecule has 3 rings (SSSR count).